The van der Waals surface area contributed by atoms with E-state index in [1.165, 1.54) is 0 Å². The van der Waals surface area contributed by atoms with Gasteiger partial charge in [-0.15, -0.1) is 0 Å². The van der Waals surface area contributed by atoms with Crippen molar-refractivity contribution in [2.75, 3.05) is 31.7 Å². The molecule has 5 heteroatoms. The molecule has 1 aliphatic heterocycles. The molecule has 1 aromatic carbocycles. The number of anilines is 1. The van der Waals surface area contributed by atoms with Crippen molar-refractivity contribution in [1.82, 2.24) is 4.90 Å². The van der Waals surface area contributed by atoms with Gasteiger partial charge in [0.1, 0.15) is 0 Å². The highest BCUT2D eigenvalue weighted by Gasteiger charge is 2.24. The minimum Gasteiger partial charge on any atom is -0.394 e. The number of thiocarbonyl (C=S) groups is 1. The zero-order valence-corrected chi connectivity index (χ0v) is 11.2. The normalized spacial score (nSPS) is 19.7. The number of rotatable bonds is 2. The SMILES string of the molecule is Cc1ccccc1NC(=S)N1CCOCC1CO. The van der Waals surface area contributed by atoms with Gasteiger partial charge in [0.05, 0.1) is 25.9 Å². The van der Waals surface area contributed by atoms with Gasteiger partial charge >= 0.3 is 0 Å². The number of para-hydroxylation sites is 1. The monoisotopic (exact) mass is 266 g/mol. The summed E-state index contributed by atoms with van der Waals surface area (Å²) < 4.78 is 5.34. The molecule has 2 rings (SSSR count). The molecule has 0 bridgehead atoms. The first-order chi connectivity index (χ1) is 8.72. The van der Waals surface area contributed by atoms with Crippen LogP contribution in [-0.2, 0) is 4.74 Å². The van der Waals surface area contributed by atoms with Gasteiger partial charge in [0.25, 0.3) is 0 Å². The largest absolute Gasteiger partial charge is 0.394 e. The number of hydrogen-bond donors (Lipinski definition) is 2. The van der Waals surface area contributed by atoms with Crippen LogP contribution in [0, 0.1) is 6.92 Å². The van der Waals surface area contributed by atoms with Crippen molar-refractivity contribution >= 4 is 23.0 Å². The second-order valence-electron chi connectivity index (χ2n) is 4.35. The van der Waals surface area contributed by atoms with Crippen LogP contribution in [0.1, 0.15) is 5.56 Å². The Labute approximate surface area is 113 Å². The van der Waals surface area contributed by atoms with Crippen LogP contribution >= 0.6 is 12.2 Å². The average molecular weight is 266 g/mol. The first kappa shape index (κ1) is 13.3. The van der Waals surface area contributed by atoms with Crippen LogP contribution < -0.4 is 5.32 Å². The van der Waals surface area contributed by atoms with E-state index in [9.17, 15) is 5.11 Å². The van der Waals surface area contributed by atoms with Crippen LogP contribution in [0.4, 0.5) is 5.69 Å². The second kappa shape index (κ2) is 6.13. The lowest BCUT2D eigenvalue weighted by atomic mass is 10.2. The average Bonchev–Trinajstić information content (AvgIpc) is 2.41. The van der Waals surface area contributed by atoms with Gasteiger partial charge in [0, 0.05) is 12.2 Å². The van der Waals surface area contributed by atoms with Crippen molar-refractivity contribution in [3.63, 3.8) is 0 Å². The van der Waals surface area contributed by atoms with E-state index in [0.29, 0.717) is 24.9 Å². The fourth-order valence-electron chi connectivity index (χ4n) is 1.97. The third-order valence-electron chi connectivity index (χ3n) is 3.09. The fraction of sp³-hybridized carbons (Fsp3) is 0.462. The van der Waals surface area contributed by atoms with Crippen molar-refractivity contribution in [3.8, 4) is 0 Å². The molecule has 0 saturated carbocycles. The van der Waals surface area contributed by atoms with E-state index < -0.39 is 0 Å². The minimum atomic E-state index is -0.0530. The molecule has 1 saturated heterocycles. The fourth-order valence-corrected chi connectivity index (χ4v) is 2.32. The number of morpholine rings is 1. The third kappa shape index (κ3) is 2.98. The van der Waals surface area contributed by atoms with Crippen LogP contribution in [0.15, 0.2) is 24.3 Å². The highest BCUT2D eigenvalue weighted by molar-refractivity contribution is 7.80. The summed E-state index contributed by atoms with van der Waals surface area (Å²) in [5.74, 6) is 0. The van der Waals surface area contributed by atoms with E-state index in [4.69, 9.17) is 17.0 Å². The van der Waals surface area contributed by atoms with Crippen LogP contribution in [0.25, 0.3) is 0 Å². The van der Waals surface area contributed by atoms with Gasteiger partial charge in [-0.3, -0.25) is 0 Å². The summed E-state index contributed by atoms with van der Waals surface area (Å²) in [5, 5.41) is 13.2. The molecule has 0 amide bonds. The molecule has 0 aromatic heterocycles. The summed E-state index contributed by atoms with van der Waals surface area (Å²) >= 11 is 5.41. The summed E-state index contributed by atoms with van der Waals surface area (Å²) in [7, 11) is 0. The number of aryl methyl sites for hydroxylation is 1. The molecule has 1 heterocycles. The Hall–Kier alpha value is -1.17. The molecular formula is C13H18N2O2S. The summed E-state index contributed by atoms with van der Waals surface area (Å²) in [5.41, 5.74) is 2.15. The summed E-state index contributed by atoms with van der Waals surface area (Å²) in [6.45, 7) is 3.96. The molecular weight excluding hydrogens is 248 g/mol. The molecule has 0 aliphatic carbocycles. The topological polar surface area (TPSA) is 44.7 Å². The summed E-state index contributed by atoms with van der Waals surface area (Å²) in [6.07, 6.45) is 0. The Balaban J connectivity index is 2.05. The smallest absolute Gasteiger partial charge is 0.173 e. The van der Waals surface area contributed by atoms with Gasteiger partial charge in [-0.2, -0.15) is 0 Å². The van der Waals surface area contributed by atoms with E-state index in [0.717, 1.165) is 11.3 Å². The third-order valence-corrected chi connectivity index (χ3v) is 3.42. The number of ether oxygens (including phenoxy) is 1. The number of nitrogens with zero attached hydrogens (tertiary/aromatic N) is 1. The van der Waals surface area contributed by atoms with E-state index in [2.05, 4.69) is 5.32 Å². The van der Waals surface area contributed by atoms with Crippen LogP contribution in [0.3, 0.4) is 0 Å². The number of hydrogen-bond acceptors (Lipinski definition) is 3. The maximum atomic E-state index is 9.32. The minimum absolute atomic E-state index is 0.0512. The highest BCUT2D eigenvalue weighted by atomic mass is 32.1. The highest BCUT2D eigenvalue weighted by Crippen LogP contribution is 2.15. The Morgan fingerprint density at radius 3 is 3.06 bits per heavy atom. The molecule has 1 aromatic rings. The maximum Gasteiger partial charge on any atom is 0.173 e. The van der Waals surface area contributed by atoms with E-state index >= 15 is 0 Å². The lowest BCUT2D eigenvalue weighted by molar-refractivity contribution is 0.00585. The Morgan fingerprint density at radius 2 is 2.33 bits per heavy atom. The summed E-state index contributed by atoms with van der Waals surface area (Å²) in [6, 6.07) is 7.95. The first-order valence-electron chi connectivity index (χ1n) is 6.04. The Kier molecular flexibility index (Phi) is 4.52. The molecule has 98 valence electrons. The molecule has 18 heavy (non-hydrogen) atoms. The molecule has 1 fully saturated rings. The standard InChI is InChI=1S/C13H18N2O2S/c1-10-4-2-3-5-12(10)14-13(18)15-6-7-17-9-11(15)8-16/h2-5,11,16H,6-9H2,1H3,(H,14,18). The lowest BCUT2D eigenvalue weighted by Crippen LogP contribution is -2.51. The molecule has 0 spiro atoms. The van der Waals surface area contributed by atoms with Crippen molar-refractivity contribution in [2.24, 2.45) is 0 Å². The van der Waals surface area contributed by atoms with Gasteiger partial charge in [-0.25, -0.2) is 0 Å². The molecule has 0 radical (unpaired) electrons. The van der Waals surface area contributed by atoms with E-state index in [-0.39, 0.29) is 12.6 Å². The van der Waals surface area contributed by atoms with Gasteiger partial charge in [0.2, 0.25) is 0 Å². The number of nitrogens with one attached hydrogen (secondary N) is 1. The van der Waals surface area contributed by atoms with Crippen molar-refractivity contribution in [3.05, 3.63) is 29.8 Å². The quantitative estimate of drug-likeness (QED) is 0.792. The van der Waals surface area contributed by atoms with Gasteiger partial charge in [0.15, 0.2) is 5.11 Å². The second-order valence-corrected chi connectivity index (χ2v) is 4.74. The van der Waals surface area contributed by atoms with Gasteiger partial charge in [-0.1, -0.05) is 18.2 Å². The van der Waals surface area contributed by atoms with Crippen molar-refractivity contribution in [2.45, 2.75) is 13.0 Å². The van der Waals surface area contributed by atoms with Crippen molar-refractivity contribution in [1.29, 1.82) is 0 Å². The van der Waals surface area contributed by atoms with E-state index in [1.807, 2.05) is 36.1 Å². The number of aliphatic hydroxyl groups is 1. The van der Waals surface area contributed by atoms with Crippen LogP contribution in [0.2, 0.25) is 0 Å². The zero-order chi connectivity index (χ0) is 13.0. The first-order valence-corrected chi connectivity index (χ1v) is 6.45. The van der Waals surface area contributed by atoms with E-state index in [1.54, 1.807) is 0 Å². The Bertz CT molecular complexity index is 425. The van der Waals surface area contributed by atoms with Gasteiger partial charge in [-0.05, 0) is 30.8 Å². The molecule has 1 aliphatic rings. The maximum absolute atomic E-state index is 9.32. The molecule has 1 unspecified atom stereocenters. The summed E-state index contributed by atoms with van der Waals surface area (Å²) in [4.78, 5) is 1.99. The van der Waals surface area contributed by atoms with Crippen molar-refractivity contribution < 1.29 is 9.84 Å². The number of aliphatic hydroxyl groups excluding tert-OH is 1. The zero-order valence-electron chi connectivity index (χ0n) is 10.4. The van der Waals surface area contributed by atoms with Crippen LogP contribution in [0.5, 0.6) is 0 Å². The predicted molar refractivity (Wildman–Crippen MR) is 75.8 cm³/mol. The molecule has 4 nitrogen and oxygen atoms in total. The predicted octanol–water partition coefficient (Wildman–Crippen LogP) is 1.38. The molecule has 2 N–H and O–H groups in total. The Morgan fingerprint density at radius 1 is 1.56 bits per heavy atom. The number of benzene rings is 1. The molecule has 1 atom stereocenters. The van der Waals surface area contributed by atoms with Crippen LogP contribution in [-0.4, -0.2) is 47.5 Å². The lowest BCUT2D eigenvalue weighted by Gasteiger charge is -2.36. The van der Waals surface area contributed by atoms with Gasteiger partial charge < -0.3 is 20.1 Å².